The molecule has 2 N–H and O–H groups in total. The molecule has 1 rings (SSSR count). The molecule has 1 amide bonds. The predicted octanol–water partition coefficient (Wildman–Crippen LogP) is 2.80. The highest BCUT2D eigenvalue weighted by Crippen LogP contribution is 2.28. The van der Waals surface area contributed by atoms with Crippen LogP contribution < -0.4 is 10.1 Å². The molecule has 20 heavy (non-hydrogen) atoms. The van der Waals surface area contributed by atoms with Crippen molar-refractivity contribution in [3.8, 4) is 5.75 Å². The maximum Gasteiger partial charge on any atom is 0.255 e. The van der Waals surface area contributed by atoms with Gasteiger partial charge in [-0.1, -0.05) is 11.6 Å². The lowest BCUT2D eigenvalue weighted by Crippen LogP contribution is -2.41. The number of nitrogens with one attached hydrogen (secondary N) is 1. The van der Waals surface area contributed by atoms with Gasteiger partial charge in [-0.05, 0) is 47.9 Å². The molecule has 2 atom stereocenters. The Morgan fingerprint density at radius 2 is 2.25 bits per heavy atom. The Bertz CT molecular complexity index is 483. The lowest BCUT2D eigenvalue weighted by atomic mass is 10.1. The summed E-state index contributed by atoms with van der Waals surface area (Å²) in [6, 6.07) is 3.16. The molecule has 0 saturated heterocycles. The number of hydrogen-bond acceptors (Lipinski definition) is 4. The second-order valence-electron chi connectivity index (χ2n) is 4.19. The van der Waals surface area contributed by atoms with Gasteiger partial charge in [-0.25, -0.2) is 0 Å². The van der Waals surface area contributed by atoms with E-state index in [1.165, 1.54) is 18.9 Å². The van der Waals surface area contributed by atoms with Crippen molar-refractivity contribution in [2.45, 2.75) is 18.2 Å². The molecule has 0 aliphatic carbocycles. The monoisotopic (exact) mass is 429 g/mol. The maximum atomic E-state index is 12.3. The quantitative estimate of drug-likeness (QED) is 0.683. The normalized spacial score (nSPS) is 13.7. The van der Waals surface area contributed by atoms with E-state index < -0.39 is 0 Å². The number of carbonyl (C=O) groups is 1. The third-order valence-electron chi connectivity index (χ3n) is 2.89. The first kappa shape index (κ1) is 17.9. The number of aliphatic hydroxyl groups excluding tert-OH is 1. The van der Waals surface area contributed by atoms with Crippen molar-refractivity contribution in [3.05, 3.63) is 26.3 Å². The third-order valence-corrected chi connectivity index (χ3v) is 5.57. The first-order chi connectivity index (χ1) is 9.44. The van der Waals surface area contributed by atoms with Crippen molar-refractivity contribution in [1.82, 2.24) is 5.32 Å². The number of methoxy groups -OCH3 is 1. The Balaban J connectivity index is 2.95. The Morgan fingerprint density at radius 1 is 1.60 bits per heavy atom. The van der Waals surface area contributed by atoms with Gasteiger partial charge in [0.15, 0.2) is 0 Å². The van der Waals surface area contributed by atoms with Crippen LogP contribution in [0.1, 0.15) is 17.3 Å². The number of thioether (sulfide) groups is 1. The zero-order chi connectivity index (χ0) is 15.3. The summed E-state index contributed by atoms with van der Waals surface area (Å²) in [5, 5.41) is 12.6. The van der Waals surface area contributed by atoms with E-state index in [-0.39, 0.29) is 23.8 Å². The van der Waals surface area contributed by atoms with Gasteiger partial charge < -0.3 is 15.2 Å². The number of hydrogen-bond donors (Lipinski definition) is 2. The minimum Gasteiger partial charge on any atom is -0.496 e. The summed E-state index contributed by atoms with van der Waals surface area (Å²) in [5.41, 5.74) is 0.391. The van der Waals surface area contributed by atoms with Crippen LogP contribution in [0.2, 0.25) is 5.02 Å². The lowest BCUT2D eigenvalue weighted by Gasteiger charge is -2.22. The SMILES string of the molecule is COc1cc(I)c(Cl)cc1C(=O)NC(C)C(CO)SC. The third kappa shape index (κ3) is 4.41. The van der Waals surface area contributed by atoms with E-state index in [2.05, 4.69) is 27.9 Å². The molecule has 0 spiro atoms. The second kappa shape index (κ2) is 8.31. The van der Waals surface area contributed by atoms with Gasteiger partial charge in [0.1, 0.15) is 5.75 Å². The molecule has 7 heteroatoms. The molecule has 0 aliphatic heterocycles. The van der Waals surface area contributed by atoms with Gasteiger partial charge >= 0.3 is 0 Å². The van der Waals surface area contributed by atoms with E-state index in [0.29, 0.717) is 16.3 Å². The van der Waals surface area contributed by atoms with Gasteiger partial charge in [-0.15, -0.1) is 0 Å². The van der Waals surface area contributed by atoms with E-state index in [0.717, 1.165) is 3.57 Å². The maximum absolute atomic E-state index is 12.3. The van der Waals surface area contributed by atoms with Crippen LogP contribution in [0.15, 0.2) is 12.1 Å². The Morgan fingerprint density at radius 3 is 2.75 bits per heavy atom. The van der Waals surface area contributed by atoms with Gasteiger partial charge in [0, 0.05) is 14.9 Å². The summed E-state index contributed by atoms with van der Waals surface area (Å²) in [5.74, 6) is 0.216. The number of amides is 1. The molecule has 0 radical (unpaired) electrons. The summed E-state index contributed by atoms with van der Waals surface area (Å²) < 4.78 is 6.04. The zero-order valence-electron chi connectivity index (χ0n) is 11.4. The molecule has 2 unspecified atom stereocenters. The highest BCUT2D eigenvalue weighted by Gasteiger charge is 2.21. The summed E-state index contributed by atoms with van der Waals surface area (Å²) in [6.45, 7) is 1.86. The average molecular weight is 430 g/mol. The Kier molecular flexibility index (Phi) is 7.42. The molecule has 0 fully saturated rings. The van der Waals surface area contributed by atoms with Crippen molar-refractivity contribution in [2.24, 2.45) is 0 Å². The molecular weight excluding hydrogens is 413 g/mol. The lowest BCUT2D eigenvalue weighted by molar-refractivity contribution is 0.0933. The summed E-state index contributed by atoms with van der Waals surface area (Å²) in [4.78, 5) is 12.3. The number of carbonyl (C=O) groups excluding carboxylic acids is 1. The molecule has 112 valence electrons. The molecule has 1 aromatic rings. The van der Waals surface area contributed by atoms with E-state index in [1.807, 2.05) is 13.2 Å². The number of aliphatic hydroxyl groups is 1. The fourth-order valence-electron chi connectivity index (χ4n) is 1.69. The molecule has 0 aliphatic rings. The fourth-order valence-corrected chi connectivity index (χ4v) is 2.92. The fraction of sp³-hybridized carbons (Fsp3) is 0.462. The van der Waals surface area contributed by atoms with Crippen LogP contribution in [0, 0.1) is 3.57 Å². The minimum absolute atomic E-state index is 0.00714. The largest absolute Gasteiger partial charge is 0.496 e. The van der Waals surface area contributed by atoms with E-state index >= 15 is 0 Å². The molecule has 0 aromatic heterocycles. The zero-order valence-corrected chi connectivity index (χ0v) is 15.2. The smallest absolute Gasteiger partial charge is 0.255 e. The van der Waals surface area contributed by atoms with Crippen LogP contribution in [0.4, 0.5) is 0 Å². The van der Waals surface area contributed by atoms with Crippen LogP contribution in [0.3, 0.4) is 0 Å². The average Bonchev–Trinajstić information content (AvgIpc) is 2.42. The van der Waals surface area contributed by atoms with Crippen molar-refractivity contribution in [1.29, 1.82) is 0 Å². The molecular formula is C13H17ClINO3S. The highest BCUT2D eigenvalue weighted by atomic mass is 127. The van der Waals surface area contributed by atoms with E-state index in [4.69, 9.17) is 16.3 Å². The van der Waals surface area contributed by atoms with Crippen molar-refractivity contribution in [3.63, 3.8) is 0 Å². The van der Waals surface area contributed by atoms with Gasteiger partial charge in [0.2, 0.25) is 0 Å². The first-order valence-electron chi connectivity index (χ1n) is 5.92. The second-order valence-corrected chi connectivity index (χ2v) is 6.83. The molecule has 4 nitrogen and oxygen atoms in total. The standard InChI is InChI=1S/C13H17ClINO3S/c1-7(12(6-17)20-3)16-13(18)8-4-9(14)10(15)5-11(8)19-2/h4-5,7,12,17H,6H2,1-3H3,(H,16,18). The number of ether oxygens (including phenoxy) is 1. The molecule has 0 heterocycles. The topological polar surface area (TPSA) is 58.6 Å². The van der Waals surface area contributed by atoms with Crippen LogP contribution in [0.25, 0.3) is 0 Å². The summed E-state index contributed by atoms with van der Waals surface area (Å²) in [6.07, 6.45) is 1.89. The first-order valence-corrected chi connectivity index (χ1v) is 8.66. The van der Waals surface area contributed by atoms with Crippen LogP contribution >= 0.6 is 46.0 Å². The van der Waals surface area contributed by atoms with Crippen molar-refractivity contribution >= 4 is 51.9 Å². The van der Waals surface area contributed by atoms with Gasteiger partial charge in [0.05, 0.1) is 24.3 Å². The highest BCUT2D eigenvalue weighted by molar-refractivity contribution is 14.1. The molecule has 0 saturated carbocycles. The van der Waals surface area contributed by atoms with Gasteiger partial charge in [-0.2, -0.15) is 11.8 Å². The van der Waals surface area contributed by atoms with E-state index in [9.17, 15) is 9.90 Å². The predicted molar refractivity (Wildman–Crippen MR) is 92.0 cm³/mol. The number of rotatable bonds is 6. The van der Waals surface area contributed by atoms with Gasteiger partial charge in [-0.3, -0.25) is 4.79 Å². The van der Waals surface area contributed by atoms with E-state index in [1.54, 1.807) is 12.1 Å². The Hall–Kier alpha value is -0.180. The van der Waals surface area contributed by atoms with Crippen molar-refractivity contribution in [2.75, 3.05) is 20.0 Å². The minimum atomic E-state index is -0.264. The van der Waals surface area contributed by atoms with Crippen LogP contribution in [-0.4, -0.2) is 42.3 Å². The van der Waals surface area contributed by atoms with Gasteiger partial charge in [0.25, 0.3) is 5.91 Å². The number of benzene rings is 1. The molecule has 1 aromatic carbocycles. The van der Waals surface area contributed by atoms with Crippen LogP contribution in [-0.2, 0) is 0 Å². The van der Waals surface area contributed by atoms with Crippen molar-refractivity contribution < 1.29 is 14.6 Å². The van der Waals surface area contributed by atoms with Crippen LogP contribution in [0.5, 0.6) is 5.75 Å². The Labute approximate surface area is 141 Å². The summed E-state index contributed by atoms with van der Waals surface area (Å²) >= 11 is 9.64. The number of halogens is 2. The summed E-state index contributed by atoms with van der Waals surface area (Å²) in [7, 11) is 1.51. The molecule has 0 bridgehead atoms.